The van der Waals surface area contributed by atoms with Crippen LogP contribution in [0.3, 0.4) is 0 Å². The first-order chi connectivity index (χ1) is 17.2. The second kappa shape index (κ2) is 10.3. The first-order valence-corrected chi connectivity index (χ1v) is 14.6. The molecule has 6 N–H and O–H groups in total. The highest BCUT2D eigenvalue weighted by atomic mass is 32.2. The van der Waals surface area contributed by atoms with Crippen molar-refractivity contribution in [2.75, 3.05) is 30.0 Å². The summed E-state index contributed by atoms with van der Waals surface area (Å²) in [7, 11) is -3.33. The van der Waals surface area contributed by atoms with Crippen molar-refractivity contribution >= 4 is 43.3 Å². The third-order valence-electron chi connectivity index (χ3n) is 6.48. The maximum Gasteiger partial charge on any atom is 0.224 e. The first kappa shape index (κ1) is 27.5. The number of aliphatic hydroxyl groups excluding tert-OH is 2. The molecule has 4 atom stereocenters. The molecular formula is C23H33N7O5S2. The van der Waals surface area contributed by atoms with Crippen molar-refractivity contribution in [3.63, 3.8) is 0 Å². The summed E-state index contributed by atoms with van der Waals surface area (Å²) in [6, 6.07) is 1.31. The molecule has 0 aromatic carbocycles. The lowest BCUT2D eigenvalue weighted by molar-refractivity contribution is -0.0601. The molecule has 0 aliphatic heterocycles. The van der Waals surface area contributed by atoms with Crippen LogP contribution < -0.4 is 15.4 Å². The van der Waals surface area contributed by atoms with Crippen LogP contribution in [0, 0.1) is 19.8 Å². The van der Waals surface area contributed by atoms with Crippen LogP contribution >= 0.6 is 11.3 Å². The average Bonchev–Trinajstić information content (AvgIpc) is 3.33. The molecule has 0 spiro atoms. The lowest BCUT2D eigenvalue weighted by Gasteiger charge is -2.28. The van der Waals surface area contributed by atoms with Crippen LogP contribution in [-0.2, 0) is 10.0 Å². The number of nitrogens with zero attached hydrogens (tertiary/aromatic N) is 4. The molecular weight excluding hydrogens is 518 g/mol. The van der Waals surface area contributed by atoms with Crippen LogP contribution in [-0.4, -0.2) is 86.9 Å². The van der Waals surface area contributed by atoms with Gasteiger partial charge in [-0.1, -0.05) is 0 Å². The van der Waals surface area contributed by atoms with E-state index >= 15 is 0 Å². The fourth-order valence-electron chi connectivity index (χ4n) is 4.57. The highest BCUT2D eigenvalue weighted by molar-refractivity contribution is 7.88. The Balaban J connectivity index is 1.70. The highest BCUT2D eigenvalue weighted by Crippen LogP contribution is 2.40. The number of aromatic nitrogens is 4. The Hall–Kier alpha value is -2.49. The van der Waals surface area contributed by atoms with Gasteiger partial charge in [0.2, 0.25) is 16.0 Å². The normalized spacial score (nSPS) is 22.5. The molecule has 14 heteroatoms. The summed E-state index contributed by atoms with van der Waals surface area (Å²) in [5, 5.41) is 38.8. The van der Waals surface area contributed by atoms with Crippen LogP contribution in [0.4, 0.5) is 11.8 Å². The zero-order chi connectivity index (χ0) is 27.1. The predicted octanol–water partition coefficient (Wildman–Crippen LogP) is 1.02. The summed E-state index contributed by atoms with van der Waals surface area (Å²) in [5.41, 5.74) is 1.66. The molecule has 3 heterocycles. The molecule has 1 saturated carbocycles. The summed E-state index contributed by atoms with van der Waals surface area (Å²) < 4.78 is 26.1. The van der Waals surface area contributed by atoms with E-state index in [9.17, 15) is 23.7 Å². The van der Waals surface area contributed by atoms with E-state index in [1.807, 2.05) is 19.9 Å². The molecule has 202 valence electrons. The third kappa shape index (κ3) is 6.16. The molecule has 1 fully saturated rings. The van der Waals surface area contributed by atoms with E-state index in [0.717, 1.165) is 22.2 Å². The molecule has 0 amide bonds. The molecule has 0 bridgehead atoms. The van der Waals surface area contributed by atoms with E-state index < -0.39 is 39.8 Å². The quantitative estimate of drug-likeness (QED) is 0.209. The summed E-state index contributed by atoms with van der Waals surface area (Å²) >= 11 is 1.47. The number of nitrogens with one attached hydrogen (secondary N) is 3. The summed E-state index contributed by atoms with van der Waals surface area (Å²) in [6.07, 6.45) is 0.893. The second-order valence-corrected chi connectivity index (χ2v) is 12.8. The average molecular weight is 552 g/mol. The first-order valence-electron chi connectivity index (χ1n) is 11.9. The molecule has 4 rings (SSSR count). The van der Waals surface area contributed by atoms with Gasteiger partial charge in [-0.05, 0) is 40.2 Å². The number of hydrogen-bond acceptors (Lipinski definition) is 12. The lowest BCUT2D eigenvalue weighted by Crippen LogP contribution is -2.40. The number of aryl methyl sites for hydroxylation is 2. The Morgan fingerprint density at radius 3 is 2.46 bits per heavy atom. The Kier molecular flexibility index (Phi) is 7.70. The Morgan fingerprint density at radius 1 is 1.11 bits per heavy atom. The third-order valence-corrected chi connectivity index (χ3v) is 8.24. The van der Waals surface area contributed by atoms with E-state index in [1.54, 1.807) is 20.0 Å². The van der Waals surface area contributed by atoms with E-state index in [0.29, 0.717) is 28.5 Å². The minimum absolute atomic E-state index is 0.149. The summed E-state index contributed by atoms with van der Waals surface area (Å²) in [4.78, 5) is 18.3. The zero-order valence-corrected chi connectivity index (χ0v) is 23.0. The van der Waals surface area contributed by atoms with Crippen LogP contribution in [0.25, 0.3) is 20.8 Å². The lowest BCUT2D eigenvalue weighted by atomic mass is 9.88. The number of hydrogen-bond donors (Lipinski definition) is 6. The van der Waals surface area contributed by atoms with Crippen molar-refractivity contribution in [2.45, 2.75) is 58.0 Å². The molecule has 37 heavy (non-hydrogen) atoms. The maximum absolute atomic E-state index is 11.3. The van der Waals surface area contributed by atoms with Crippen molar-refractivity contribution in [2.24, 2.45) is 5.92 Å². The van der Waals surface area contributed by atoms with Gasteiger partial charge in [-0.2, -0.15) is 4.98 Å². The van der Waals surface area contributed by atoms with Gasteiger partial charge in [0, 0.05) is 25.2 Å². The van der Waals surface area contributed by atoms with Gasteiger partial charge in [0.15, 0.2) is 0 Å². The molecule has 0 radical (unpaired) electrons. The molecule has 3 aromatic rings. The van der Waals surface area contributed by atoms with Crippen molar-refractivity contribution in [1.82, 2.24) is 24.7 Å². The zero-order valence-electron chi connectivity index (χ0n) is 21.3. The van der Waals surface area contributed by atoms with Crippen LogP contribution in [0.1, 0.15) is 31.7 Å². The number of fused-ring (bicyclic) bond motifs is 1. The molecule has 1 aliphatic rings. The van der Waals surface area contributed by atoms with Crippen LogP contribution in [0.5, 0.6) is 0 Å². The monoisotopic (exact) mass is 551 g/mol. The van der Waals surface area contributed by atoms with E-state index in [1.165, 1.54) is 11.3 Å². The fraction of sp³-hybridized carbons (Fsp3) is 0.565. The predicted molar refractivity (Wildman–Crippen MR) is 143 cm³/mol. The minimum atomic E-state index is -3.33. The number of rotatable bonds is 9. The Morgan fingerprint density at radius 2 is 1.84 bits per heavy atom. The van der Waals surface area contributed by atoms with Crippen molar-refractivity contribution in [3.8, 4) is 10.6 Å². The highest BCUT2D eigenvalue weighted by Gasteiger charge is 2.48. The topological polar surface area (TPSA) is 182 Å². The standard InChI is InChI=1S/C23H33N7O5S2/c1-11-16(21-29-17-12(2)24-7-6-15(17)36-21)20(30-22(27-11)25-8-9-26-37(5,34)35)28-14-10-13(23(3,4)33)18(31)19(14)32/h6-7,13-14,18-19,26,31-33H,8-10H2,1-5H3,(H2,25,27,28,30)/t13-,14?,18+,19-/m0/s1. The largest absolute Gasteiger partial charge is 0.390 e. The van der Waals surface area contributed by atoms with Gasteiger partial charge in [0.25, 0.3) is 0 Å². The van der Waals surface area contributed by atoms with Gasteiger partial charge in [0.1, 0.15) is 22.4 Å². The van der Waals surface area contributed by atoms with Crippen LogP contribution in [0.2, 0.25) is 0 Å². The van der Waals surface area contributed by atoms with Gasteiger partial charge < -0.3 is 26.0 Å². The SMILES string of the molecule is Cc1nc(NCCNS(C)(=O)=O)nc(NC2C[C@H](C(C)(C)O)[C@@H](O)[C@H]2O)c1-c1nc2c(C)nccc2s1. The number of anilines is 2. The molecule has 0 saturated heterocycles. The fourth-order valence-corrected chi connectivity index (χ4v) is 6.15. The maximum atomic E-state index is 11.3. The van der Waals surface area contributed by atoms with E-state index in [-0.39, 0.29) is 19.0 Å². The van der Waals surface area contributed by atoms with Crippen molar-refractivity contribution in [1.29, 1.82) is 0 Å². The molecule has 1 unspecified atom stereocenters. The summed E-state index contributed by atoms with van der Waals surface area (Å²) in [6.45, 7) is 7.33. The van der Waals surface area contributed by atoms with Gasteiger partial charge in [0.05, 0.1) is 45.7 Å². The van der Waals surface area contributed by atoms with E-state index in [2.05, 4.69) is 30.3 Å². The molecule has 1 aliphatic carbocycles. The summed E-state index contributed by atoms with van der Waals surface area (Å²) in [5.74, 6) is 0.135. The van der Waals surface area contributed by atoms with Crippen molar-refractivity contribution in [3.05, 3.63) is 23.7 Å². The Labute approximate surface area is 219 Å². The Bertz CT molecular complexity index is 1390. The smallest absolute Gasteiger partial charge is 0.224 e. The van der Waals surface area contributed by atoms with Gasteiger partial charge in [-0.15, -0.1) is 11.3 Å². The number of thiazole rings is 1. The number of sulfonamides is 1. The molecule has 12 nitrogen and oxygen atoms in total. The van der Waals surface area contributed by atoms with Crippen molar-refractivity contribution < 1.29 is 23.7 Å². The van der Waals surface area contributed by atoms with Gasteiger partial charge >= 0.3 is 0 Å². The van der Waals surface area contributed by atoms with Gasteiger partial charge in [-0.25, -0.2) is 23.1 Å². The van der Waals surface area contributed by atoms with Gasteiger partial charge in [-0.3, -0.25) is 4.98 Å². The number of pyridine rings is 1. The molecule has 3 aromatic heterocycles. The minimum Gasteiger partial charge on any atom is -0.390 e. The van der Waals surface area contributed by atoms with E-state index in [4.69, 9.17) is 4.98 Å². The number of aliphatic hydroxyl groups is 3. The van der Waals surface area contributed by atoms with Crippen LogP contribution in [0.15, 0.2) is 12.3 Å². The second-order valence-electron chi connectivity index (χ2n) is 9.94.